The first kappa shape index (κ1) is 12.4. The number of rotatable bonds is 2. The number of aromatic nitrogens is 2. The van der Waals surface area contributed by atoms with Crippen molar-refractivity contribution >= 4 is 17.8 Å². The number of nitrogens with zero attached hydrogens (tertiary/aromatic N) is 2. The highest BCUT2D eigenvalue weighted by molar-refractivity contribution is 5.90. The number of anilines is 1. The molecular weight excluding hydrogens is 250 g/mol. The Hall–Kier alpha value is -2.62. The molecule has 1 aromatic carbocycles. The summed E-state index contributed by atoms with van der Waals surface area (Å²) in [5, 5.41) is 4.11. The molecule has 0 saturated carbocycles. The van der Waals surface area contributed by atoms with Crippen molar-refractivity contribution in [3.05, 3.63) is 65.9 Å². The van der Waals surface area contributed by atoms with E-state index >= 15 is 0 Å². The molecule has 0 aliphatic heterocycles. The van der Waals surface area contributed by atoms with Crippen molar-refractivity contribution in [2.24, 2.45) is 0 Å². The minimum atomic E-state index is -0.250. The Bertz CT molecular complexity index is 698. The highest BCUT2D eigenvalue weighted by atomic mass is 16.2. The summed E-state index contributed by atoms with van der Waals surface area (Å²) in [4.78, 5) is 11.8. The van der Waals surface area contributed by atoms with Crippen LogP contribution in [0.15, 0.2) is 49.1 Å². The molecule has 2 N–H and O–H groups in total. The van der Waals surface area contributed by atoms with Gasteiger partial charge in [0.25, 0.3) is 5.91 Å². The van der Waals surface area contributed by atoms with E-state index in [9.17, 15) is 4.79 Å². The summed E-state index contributed by atoms with van der Waals surface area (Å²) < 4.78 is 1.36. The zero-order valence-electron chi connectivity index (χ0n) is 11.0. The molecular formula is C16H15N3O. The van der Waals surface area contributed by atoms with Gasteiger partial charge in [-0.15, -0.1) is 5.10 Å². The fourth-order valence-corrected chi connectivity index (χ4v) is 2.55. The number of benzene rings is 1. The van der Waals surface area contributed by atoms with Crippen molar-refractivity contribution in [1.29, 1.82) is 0 Å². The first-order valence-corrected chi connectivity index (χ1v) is 6.48. The molecule has 1 heterocycles. The molecule has 0 radical (unpaired) electrons. The summed E-state index contributed by atoms with van der Waals surface area (Å²) in [5.74, 6) is 0.370. The van der Waals surface area contributed by atoms with Crippen molar-refractivity contribution in [3.8, 4) is 0 Å². The number of hydrogen-bond donors (Lipinski definition) is 1. The summed E-state index contributed by atoms with van der Waals surface area (Å²) in [6.07, 6.45) is 6.02. The number of carbonyl (C=O) groups excluding carboxylic acids is 1. The highest BCUT2D eigenvalue weighted by Crippen LogP contribution is 2.32. The van der Waals surface area contributed by atoms with E-state index in [2.05, 4.69) is 29.9 Å². The highest BCUT2D eigenvalue weighted by Gasteiger charge is 2.24. The third-order valence-corrected chi connectivity index (χ3v) is 3.57. The predicted octanol–water partition coefficient (Wildman–Crippen LogP) is 2.64. The maximum Gasteiger partial charge on any atom is 0.270 e. The molecule has 0 fully saturated rings. The van der Waals surface area contributed by atoms with Crippen LogP contribution >= 0.6 is 0 Å². The summed E-state index contributed by atoms with van der Waals surface area (Å²) in [6, 6.07) is 10.2. The van der Waals surface area contributed by atoms with E-state index in [0.29, 0.717) is 12.2 Å². The lowest BCUT2D eigenvalue weighted by Crippen LogP contribution is -2.16. The molecule has 1 aliphatic rings. The Labute approximate surface area is 117 Å². The minimum Gasteiger partial charge on any atom is -0.382 e. The molecule has 1 unspecified atom stereocenters. The first-order valence-electron chi connectivity index (χ1n) is 6.48. The van der Waals surface area contributed by atoms with Gasteiger partial charge in [-0.3, -0.25) is 4.79 Å². The van der Waals surface area contributed by atoms with Crippen LogP contribution in [0.4, 0.5) is 5.82 Å². The van der Waals surface area contributed by atoms with Gasteiger partial charge in [0.15, 0.2) is 5.82 Å². The first-order chi connectivity index (χ1) is 9.70. The lowest BCUT2D eigenvalue weighted by molar-refractivity contribution is 0.0951. The van der Waals surface area contributed by atoms with Crippen molar-refractivity contribution in [1.82, 2.24) is 9.78 Å². The molecule has 20 heavy (non-hydrogen) atoms. The topological polar surface area (TPSA) is 60.9 Å². The molecule has 1 atom stereocenters. The van der Waals surface area contributed by atoms with Crippen LogP contribution in [0.25, 0.3) is 6.08 Å². The van der Waals surface area contributed by atoms with Gasteiger partial charge in [-0.25, -0.2) is 0 Å². The van der Waals surface area contributed by atoms with Crippen LogP contribution in [0.3, 0.4) is 0 Å². The Morgan fingerprint density at radius 1 is 1.40 bits per heavy atom. The van der Waals surface area contributed by atoms with Gasteiger partial charge >= 0.3 is 0 Å². The van der Waals surface area contributed by atoms with E-state index < -0.39 is 0 Å². The van der Waals surface area contributed by atoms with Gasteiger partial charge in [0.05, 0.1) is 5.69 Å². The summed E-state index contributed by atoms with van der Waals surface area (Å²) in [7, 11) is 0. The molecule has 0 bridgehead atoms. The number of carbonyl (C=O) groups is 1. The lowest BCUT2D eigenvalue weighted by atomic mass is 9.88. The Kier molecular flexibility index (Phi) is 2.99. The second-order valence-electron chi connectivity index (χ2n) is 4.78. The number of hydrogen-bond acceptors (Lipinski definition) is 3. The molecule has 4 nitrogen and oxygen atoms in total. The fraction of sp³-hybridized carbons (Fsp3) is 0.125. The smallest absolute Gasteiger partial charge is 0.270 e. The quantitative estimate of drug-likeness (QED) is 0.849. The molecule has 1 aliphatic carbocycles. The molecule has 4 heteroatoms. The number of nitrogens with two attached hydrogens (primary N) is 1. The van der Waals surface area contributed by atoms with Gasteiger partial charge in [-0.2, -0.15) is 4.68 Å². The molecule has 0 spiro atoms. The van der Waals surface area contributed by atoms with Gasteiger partial charge in [0, 0.05) is 17.9 Å². The maximum absolute atomic E-state index is 11.8. The third-order valence-electron chi connectivity index (χ3n) is 3.57. The monoisotopic (exact) mass is 265 g/mol. The van der Waals surface area contributed by atoms with Gasteiger partial charge in [0.2, 0.25) is 0 Å². The molecule has 1 aromatic heterocycles. The predicted molar refractivity (Wildman–Crippen MR) is 79.4 cm³/mol. The van der Waals surface area contributed by atoms with E-state index in [0.717, 1.165) is 11.3 Å². The van der Waals surface area contributed by atoms with Gasteiger partial charge in [-0.05, 0) is 11.6 Å². The van der Waals surface area contributed by atoms with E-state index in [1.54, 1.807) is 0 Å². The van der Waals surface area contributed by atoms with Gasteiger partial charge in [-0.1, -0.05) is 49.1 Å². The number of allylic oxidation sites excluding steroid dienone is 2. The Balaban J connectivity index is 2.02. The van der Waals surface area contributed by atoms with Crippen molar-refractivity contribution in [2.45, 2.75) is 12.3 Å². The van der Waals surface area contributed by atoms with Crippen molar-refractivity contribution in [2.75, 3.05) is 5.73 Å². The summed E-state index contributed by atoms with van der Waals surface area (Å²) in [5.41, 5.74) is 8.77. The minimum absolute atomic E-state index is 0.233. The molecule has 0 amide bonds. The Morgan fingerprint density at radius 2 is 2.15 bits per heavy atom. The van der Waals surface area contributed by atoms with Crippen LogP contribution in [-0.4, -0.2) is 15.7 Å². The number of nitrogen functional groups attached to an aromatic ring is 1. The second-order valence-corrected chi connectivity index (χ2v) is 4.78. The molecule has 3 rings (SSSR count). The standard InChI is InChI=1S/C16H15N3O/c1-2-15(20)19-14-10-12(11-6-4-3-5-7-11)8-9-13(14)16(17)18-19/h2-9,12H,1,10H2,(H2,17,18). The van der Waals surface area contributed by atoms with Crippen LogP contribution in [-0.2, 0) is 6.42 Å². The SMILES string of the molecule is C=CC(=O)n1nc(N)c2c1CC(c1ccccc1)C=C2. The normalized spacial score (nSPS) is 16.7. The average molecular weight is 265 g/mol. The van der Waals surface area contributed by atoms with Gasteiger partial charge < -0.3 is 5.73 Å². The maximum atomic E-state index is 11.8. The average Bonchev–Trinajstić information content (AvgIpc) is 2.84. The second kappa shape index (κ2) is 4.81. The van der Waals surface area contributed by atoms with Gasteiger partial charge in [0.1, 0.15) is 0 Å². The van der Waals surface area contributed by atoms with Crippen LogP contribution in [0.2, 0.25) is 0 Å². The molecule has 100 valence electrons. The summed E-state index contributed by atoms with van der Waals surface area (Å²) >= 11 is 0. The van der Waals surface area contributed by atoms with Crippen LogP contribution in [0, 0.1) is 0 Å². The van der Waals surface area contributed by atoms with Crippen LogP contribution in [0.5, 0.6) is 0 Å². The van der Waals surface area contributed by atoms with E-state index in [1.165, 1.54) is 16.3 Å². The zero-order chi connectivity index (χ0) is 14.1. The van der Waals surface area contributed by atoms with Crippen LogP contribution in [0.1, 0.15) is 27.5 Å². The fourth-order valence-electron chi connectivity index (χ4n) is 2.55. The molecule has 2 aromatic rings. The van der Waals surface area contributed by atoms with E-state index in [4.69, 9.17) is 5.73 Å². The van der Waals surface area contributed by atoms with Crippen molar-refractivity contribution in [3.63, 3.8) is 0 Å². The van der Waals surface area contributed by atoms with Crippen molar-refractivity contribution < 1.29 is 4.79 Å². The Morgan fingerprint density at radius 3 is 2.85 bits per heavy atom. The zero-order valence-corrected chi connectivity index (χ0v) is 11.0. The number of fused-ring (bicyclic) bond motifs is 1. The lowest BCUT2D eigenvalue weighted by Gasteiger charge is -2.18. The third kappa shape index (κ3) is 1.95. The van der Waals surface area contributed by atoms with E-state index in [1.807, 2.05) is 24.3 Å². The molecule has 0 saturated heterocycles. The largest absolute Gasteiger partial charge is 0.382 e. The summed E-state index contributed by atoms with van der Waals surface area (Å²) in [6.45, 7) is 3.50. The van der Waals surface area contributed by atoms with E-state index in [-0.39, 0.29) is 11.8 Å². The van der Waals surface area contributed by atoms with Crippen LogP contribution < -0.4 is 5.73 Å².